The minimum atomic E-state index is -0.379. The number of carbonyl (C=O) groups is 3. The molecule has 0 spiro atoms. The number of fused-ring (bicyclic) bond motifs is 2. The minimum Gasteiger partial charge on any atom is -0.482 e. The molecule has 2 aromatic carbocycles. The fraction of sp³-hybridized carbons (Fsp3) is 0.375. The Morgan fingerprint density at radius 2 is 1.90 bits per heavy atom. The van der Waals surface area contributed by atoms with Crippen molar-refractivity contribution in [2.24, 2.45) is 0 Å². The molecule has 0 atom stereocenters. The summed E-state index contributed by atoms with van der Waals surface area (Å²) in [5.74, 6) is 0.149. The van der Waals surface area contributed by atoms with E-state index in [0.29, 0.717) is 30.1 Å². The molecule has 1 saturated carbocycles. The number of anilines is 1. The van der Waals surface area contributed by atoms with Gasteiger partial charge in [-0.1, -0.05) is 37.5 Å². The van der Waals surface area contributed by atoms with Crippen LogP contribution in [0.25, 0.3) is 0 Å². The Morgan fingerprint density at radius 1 is 1.10 bits per heavy atom. The van der Waals surface area contributed by atoms with Gasteiger partial charge in [-0.25, -0.2) is 0 Å². The molecule has 2 aliphatic heterocycles. The number of hydrogen-bond acceptors (Lipinski definition) is 4. The zero-order valence-electron chi connectivity index (χ0n) is 17.3. The molecule has 31 heavy (non-hydrogen) atoms. The van der Waals surface area contributed by atoms with Crippen molar-refractivity contribution in [3.63, 3.8) is 0 Å². The molecule has 0 bridgehead atoms. The summed E-state index contributed by atoms with van der Waals surface area (Å²) in [6.07, 6.45) is 4.98. The zero-order chi connectivity index (χ0) is 21.4. The maximum absolute atomic E-state index is 13.2. The molecule has 2 N–H and O–H groups in total. The Morgan fingerprint density at radius 3 is 2.71 bits per heavy atom. The Labute approximate surface area is 180 Å². The molecule has 7 heteroatoms. The minimum absolute atomic E-state index is 0.0205. The lowest BCUT2D eigenvalue weighted by Crippen LogP contribution is -2.56. The average molecular weight is 419 g/mol. The summed E-state index contributed by atoms with van der Waals surface area (Å²) in [5, 5.41) is 5.80. The molecule has 1 aliphatic carbocycles. The molecule has 1 fully saturated rings. The van der Waals surface area contributed by atoms with Gasteiger partial charge in [0.25, 0.3) is 17.7 Å². The Balaban J connectivity index is 1.34. The number of hydrogen-bond donors (Lipinski definition) is 2. The molecular weight excluding hydrogens is 394 g/mol. The number of nitrogens with one attached hydrogen (secondary N) is 2. The van der Waals surface area contributed by atoms with E-state index in [0.717, 1.165) is 43.2 Å². The van der Waals surface area contributed by atoms with Gasteiger partial charge in [0.05, 0.1) is 11.2 Å². The predicted octanol–water partition coefficient (Wildman–Crippen LogP) is 3.11. The summed E-state index contributed by atoms with van der Waals surface area (Å²) in [4.78, 5) is 39.7. The highest BCUT2D eigenvalue weighted by molar-refractivity contribution is 6.00. The first-order valence-electron chi connectivity index (χ1n) is 10.8. The molecule has 0 unspecified atom stereocenters. The van der Waals surface area contributed by atoms with Crippen LogP contribution in [-0.4, -0.2) is 41.3 Å². The number of rotatable bonds is 4. The highest BCUT2D eigenvalue weighted by atomic mass is 16.5. The third kappa shape index (κ3) is 3.54. The van der Waals surface area contributed by atoms with Crippen LogP contribution in [-0.2, 0) is 11.3 Å². The Kier molecular flexibility index (Phi) is 4.88. The van der Waals surface area contributed by atoms with Crippen molar-refractivity contribution in [1.82, 2.24) is 10.2 Å². The number of ether oxygens (including phenoxy) is 1. The van der Waals surface area contributed by atoms with Crippen molar-refractivity contribution >= 4 is 23.4 Å². The summed E-state index contributed by atoms with van der Waals surface area (Å²) >= 11 is 0. The van der Waals surface area contributed by atoms with Gasteiger partial charge in [-0.3, -0.25) is 14.4 Å². The maximum Gasteiger partial charge on any atom is 0.262 e. The van der Waals surface area contributed by atoms with Gasteiger partial charge in [-0.2, -0.15) is 0 Å². The van der Waals surface area contributed by atoms with E-state index in [1.54, 1.807) is 18.2 Å². The molecule has 2 aromatic rings. The van der Waals surface area contributed by atoms with Crippen LogP contribution in [0.5, 0.6) is 5.75 Å². The molecule has 3 aliphatic rings. The molecule has 160 valence electrons. The molecule has 3 amide bonds. The number of carbonyl (C=O) groups excluding carboxylic acids is 3. The van der Waals surface area contributed by atoms with Crippen LogP contribution in [0.2, 0.25) is 0 Å². The molecular formula is C24H25N3O4. The molecule has 0 radical (unpaired) electrons. The van der Waals surface area contributed by atoms with E-state index in [-0.39, 0.29) is 29.9 Å². The van der Waals surface area contributed by atoms with Gasteiger partial charge < -0.3 is 20.3 Å². The highest BCUT2D eigenvalue weighted by Crippen LogP contribution is 2.39. The molecule has 2 heterocycles. The fourth-order valence-corrected chi connectivity index (χ4v) is 4.96. The van der Waals surface area contributed by atoms with Crippen LogP contribution >= 0.6 is 0 Å². The second kappa shape index (κ2) is 7.72. The summed E-state index contributed by atoms with van der Waals surface area (Å²) in [7, 11) is 0. The topological polar surface area (TPSA) is 87.7 Å². The first-order valence-corrected chi connectivity index (χ1v) is 10.8. The van der Waals surface area contributed by atoms with E-state index in [4.69, 9.17) is 4.74 Å². The van der Waals surface area contributed by atoms with Crippen LogP contribution in [0.15, 0.2) is 42.5 Å². The Bertz CT molecular complexity index is 1060. The summed E-state index contributed by atoms with van der Waals surface area (Å²) in [5.41, 5.74) is 2.39. The first-order chi connectivity index (χ1) is 15.1. The van der Waals surface area contributed by atoms with Gasteiger partial charge in [0.15, 0.2) is 6.61 Å². The largest absolute Gasteiger partial charge is 0.482 e. The van der Waals surface area contributed by atoms with E-state index < -0.39 is 0 Å². The third-order valence-corrected chi connectivity index (χ3v) is 6.63. The predicted molar refractivity (Wildman–Crippen MR) is 115 cm³/mol. The SMILES string of the molecule is O=C1COc2ccc(C(=O)NCC3(N4Cc5ccccc5C4=O)CCCCC3)cc2N1. The maximum atomic E-state index is 13.2. The van der Waals surface area contributed by atoms with E-state index in [1.165, 1.54) is 0 Å². The van der Waals surface area contributed by atoms with Crippen LogP contribution in [0.4, 0.5) is 5.69 Å². The summed E-state index contributed by atoms with van der Waals surface area (Å²) in [6.45, 7) is 0.978. The lowest BCUT2D eigenvalue weighted by atomic mass is 9.80. The quantitative estimate of drug-likeness (QED) is 0.797. The number of nitrogens with zero attached hydrogens (tertiary/aromatic N) is 1. The summed E-state index contributed by atoms with van der Waals surface area (Å²) in [6, 6.07) is 12.8. The van der Waals surface area contributed by atoms with Crippen LogP contribution in [0.1, 0.15) is 58.4 Å². The van der Waals surface area contributed by atoms with Crippen molar-refractivity contribution in [3.8, 4) is 5.75 Å². The molecule has 5 rings (SSSR count). The van der Waals surface area contributed by atoms with E-state index in [2.05, 4.69) is 10.6 Å². The molecule has 7 nitrogen and oxygen atoms in total. The van der Waals surface area contributed by atoms with Crippen molar-refractivity contribution in [2.75, 3.05) is 18.5 Å². The number of amides is 3. The van der Waals surface area contributed by atoms with Crippen molar-refractivity contribution in [1.29, 1.82) is 0 Å². The fourth-order valence-electron chi connectivity index (χ4n) is 4.96. The molecule has 0 aromatic heterocycles. The van der Waals surface area contributed by atoms with Crippen LogP contribution in [0.3, 0.4) is 0 Å². The van der Waals surface area contributed by atoms with E-state index in [1.807, 2.05) is 29.2 Å². The Hall–Kier alpha value is -3.35. The second-order valence-electron chi connectivity index (χ2n) is 8.56. The summed E-state index contributed by atoms with van der Waals surface area (Å²) < 4.78 is 5.36. The van der Waals surface area contributed by atoms with Gasteiger partial charge in [-0.15, -0.1) is 0 Å². The second-order valence-corrected chi connectivity index (χ2v) is 8.56. The average Bonchev–Trinajstić information content (AvgIpc) is 3.15. The van der Waals surface area contributed by atoms with Crippen molar-refractivity contribution in [2.45, 2.75) is 44.2 Å². The smallest absolute Gasteiger partial charge is 0.262 e. The standard InChI is InChI=1S/C24H25N3O4/c28-21-14-31-20-9-8-16(12-19(20)26-21)22(29)25-15-24(10-4-1-5-11-24)27-13-17-6-2-3-7-18(17)23(27)30/h2-3,6-9,12H,1,4-5,10-11,13-15H2,(H,25,29)(H,26,28). The number of benzene rings is 2. The van der Waals surface area contributed by atoms with Gasteiger partial charge >= 0.3 is 0 Å². The van der Waals surface area contributed by atoms with Gasteiger partial charge in [0.2, 0.25) is 0 Å². The van der Waals surface area contributed by atoms with Crippen LogP contribution < -0.4 is 15.4 Å². The third-order valence-electron chi connectivity index (χ3n) is 6.63. The van der Waals surface area contributed by atoms with Crippen LogP contribution in [0, 0.1) is 0 Å². The van der Waals surface area contributed by atoms with Crippen molar-refractivity contribution in [3.05, 3.63) is 59.2 Å². The van der Waals surface area contributed by atoms with Crippen molar-refractivity contribution < 1.29 is 19.1 Å². The van der Waals surface area contributed by atoms with E-state index in [9.17, 15) is 14.4 Å². The van der Waals surface area contributed by atoms with Gasteiger partial charge in [0.1, 0.15) is 5.75 Å². The lowest BCUT2D eigenvalue weighted by molar-refractivity contribution is -0.118. The first kappa shape index (κ1) is 19.6. The molecule has 0 saturated heterocycles. The van der Waals surface area contributed by atoms with Gasteiger partial charge in [0, 0.05) is 24.2 Å². The van der Waals surface area contributed by atoms with E-state index >= 15 is 0 Å². The lowest BCUT2D eigenvalue weighted by Gasteiger charge is -2.44. The zero-order valence-corrected chi connectivity index (χ0v) is 17.3. The monoisotopic (exact) mass is 419 g/mol. The highest BCUT2D eigenvalue weighted by Gasteiger charge is 2.44. The van der Waals surface area contributed by atoms with Gasteiger partial charge in [-0.05, 0) is 42.7 Å². The normalized spacial score (nSPS) is 19.2.